The van der Waals surface area contributed by atoms with Crippen LogP contribution < -0.4 is 4.57 Å². The molecule has 0 radical (unpaired) electrons. The molecule has 0 atom stereocenters. The van der Waals surface area contributed by atoms with Crippen molar-refractivity contribution in [2.75, 3.05) is 0 Å². The van der Waals surface area contributed by atoms with Gasteiger partial charge in [-0.3, -0.25) is 0 Å². The van der Waals surface area contributed by atoms with Crippen molar-refractivity contribution in [3.8, 4) is 0 Å². The molecule has 0 bridgehead atoms. The molecule has 0 spiro atoms. The molecule has 0 aliphatic carbocycles. The highest BCUT2D eigenvalue weighted by molar-refractivity contribution is 7.85. The van der Waals surface area contributed by atoms with Crippen LogP contribution in [0.2, 0.25) is 0 Å². The molecule has 1 aromatic heterocycles. The van der Waals surface area contributed by atoms with Gasteiger partial charge in [0.15, 0.2) is 0 Å². The number of fused-ring (bicyclic) bond motifs is 1. The zero-order valence-corrected chi connectivity index (χ0v) is 14.4. The SMILES string of the molecule is C[n+]1c(CO)sc2ccccc21.Cc1ccc(S(=O)(=O)[O-])cc1. The predicted molar refractivity (Wildman–Crippen MR) is 88.1 cm³/mol. The van der Waals surface area contributed by atoms with Gasteiger partial charge in [0.1, 0.15) is 28.5 Å². The zero-order chi connectivity index (χ0) is 17.0. The number of hydrogen-bond donors (Lipinski definition) is 1. The Morgan fingerprint density at radius 2 is 1.74 bits per heavy atom. The van der Waals surface area contributed by atoms with Crippen molar-refractivity contribution in [3.05, 3.63) is 59.1 Å². The minimum atomic E-state index is -4.27. The van der Waals surface area contributed by atoms with Crippen LogP contribution in [0.15, 0.2) is 53.4 Å². The number of benzene rings is 2. The number of aliphatic hydroxyl groups is 1. The highest BCUT2D eigenvalue weighted by Gasteiger charge is 2.14. The Kier molecular flexibility index (Phi) is 5.48. The van der Waals surface area contributed by atoms with E-state index >= 15 is 0 Å². The van der Waals surface area contributed by atoms with Gasteiger partial charge in [0.2, 0.25) is 5.52 Å². The van der Waals surface area contributed by atoms with Gasteiger partial charge in [-0.2, -0.15) is 4.57 Å². The van der Waals surface area contributed by atoms with Gasteiger partial charge >= 0.3 is 0 Å². The Hall–Kier alpha value is -1.80. The Labute approximate surface area is 139 Å². The second-order valence-corrected chi connectivity index (χ2v) is 7.44. The quantitative estimate of drug-likeness (QED) is 0.566. The largest absolute Gasteiger partial charge is 0.744 e. The van der Waals surface area contributed by atoms with Crippen molar-refractivity contribution < 1.29 is 22.6 Å². The molecule has 1 heterocycles. The molecule has 0 saturated heterocycles. The van der Waals surface area contributed by atoms with E-state index < -0.39 is 10.1 Å². The van der Waals surface area contributed by atoms with Crippen LogP contribution in [-0.4, -0.2) is 18.1 Å². The average molecular weight is 351 g/mol. The van der Waals surface area contributed by atoms with Crippen molar-refractivity contribution in [1.82, 2.24) is 0 Å². The standard InChI is InChI=1S/C9H10NOS.C7H8O3S/c1-10-7-4-2-3-5-8(7)12-9(10)6-11;1-6-2-4-7(5-3-6)11(8,9)10/h2-5,11H,6H2,1H3;2-5H,1H3,(H,8,9,10)/q+1;/p-1. The number of aliphatic hydroxyl groups excluding tert-OH is 1. The van der Waals surface area contributed by atoms with E-state index in [0.717, 1.165) is 10.6 Å². The third-order valence-corrected chi connectivity index (χ3v) is 5.33. The maximum atomic E-state index is 10.4. The summed E-state index contributed by atoms with van der Waals surface area (Å²) in [5, 5.41) is 10.0. The van der Waals surface area contributed by atoms with E-state index in [9.17, 15) is 13.0 Å². The average Bonchev–Trinajstić information content (AvgIpc) is 2.84. The lowest BCUT2D eigenvalue weighted by Crippen LogP contribution is -2.30. The van der Waals surface area contributed by atoms with Crippen molar-refractivity contribution in [2.24, 2.45) is 7.05 Å². The summed E-state index contributed by atoms with van der Waals surface area (Å²) >= 11 is 1.64. The lowest BCUT2D eigenvalue weighted by molar-refractivity contribution is -0.650. The highest BCUT2D eigenvalue weighted by Crippen LogP contribution is 2.18. The Balaban J connectivity index is 0.000000168. The molecule has 0 amide bonds. The van der Waals surface area contributed by atoms with Gasteiger partial charge in [0, 0.05) is 6.07 Å². The first-order valence-corrected chi connectivity index (χ1v) is 9.05. The lowest BCUT2D eigenvalue weighted by Gasteiger charge is -2.05. The fourth-order valence-electron chi connectivity index (χ4n) is 1.99. The fourth-order valence-corrected chi connectivity index (χ4v) is 3.47. The molecule has 0 aliphatic heterocycles. The van der Waals surface area contributed by atoms with Crippen LogP contribution in [0.5, 0.6) is 0 Å². The minimum Gasteiger partial charge on any atom is -0.744 e. The van der Waals surface area contributed by atoms with Gasteiger partial charge in [-0.1, -0.05) is 41.2 Å². The maximum absolute atomic E-state index is 10.4. The molecule has 23 heavy (non-hydrogen) atoms. The number of aryl methyl sites for hydroxylation is 2. The molecule has 7 heteroatoms. The molecule has 0 unspecified atom stereocenters. The number of thiazole rings is 1. The first-order chi connectivity index (χ1) is 10.8. The Morgan fingerprint density at radius 1 is 1.13 bits per heavy atom. The fraction of sp³-hybridized carbons (Fsp3) is 0.188. The second-order valence-electron chi connectivity index (χ2n) is 4.95. The molecule has 0 aliphatic rings. The van der Waals surface area contributed by atoms with Crippen molar-refractivity contribution >= 4 is 31.7 Å². The summed E-state index contributed by atoms with van der Waals surface area (Å²) in [6.07, 6.45) is 0. The van der Waals surface area contributed by atoms with Crippen LogP contribution in [0, 0.1) is 6.92 Å². The van der Waals surface area contributed by atoms with Gasteiger partial charge in [0.25, 0.3) is 5.01 Å². The van der Waals surface area contributed by atoms with E-state index in [2.05, 4.69) is 12.1 Å². The summed E-state index contributed by atoms with van der Waals surface area (Å²) in [6, 6.07) is 13.9. The summed E-state index contributed by atoms with van der Waals surface area (Å²) in [5.41, 5.74) is 2.11. The molecule has 5 nitrogen and oxygen atoms in total. The Morgan fingerprint density at radius 3 is 2.26 bits per heavy atom. The van der Waals surface area contributed by atoms with Crippen molar-refractivity contribution in [3.63, 3.8) is 0 Å². The van der Waals surface area contributed by atoms with Gasteiger partial charge in [-0.25, -0.2) is 8.42 Å². The number of nitrogens with zero attached hydrogens (tertiary/aromatic N) is 1. The van der Waals surface area contributed by atoms with E-state index in [0.29, 0.717) is 0 Å². The van der Waals surface area contributed by atoms with Gasteiger partial charge in [-0.15, -0.1) is 0 Å². The van der Waals surface area contributed by atoms with Crippen LogP contribution in [0.4, 0.5) is 0 Å². The number of para-hydroxylation sites is 1. The zero-order valence-electron chi connectivity index (χ0n) is 12.8. The predicted octanol–water partition coefficient (Wildman–Crippen LogP) is 2.12. The Bertz CT molecular complexity index is 899. The monoisotopic (exact) mass is 351 g/mol. The third-order valence-electron chi connectivity index (χ3n) is 3.27. The van der Waals surface area contributed by atoms with Gasteiger partial charge in [0.05, 0.1) is 4.90 Å². The smallest absolute Gasteiger partial charge is 0.263 e. The maximum Gasteiger partial charge on any atom is 0.263 e. The summed E-state index contributed by atoms with van der Waals surface area (Å²) in [5.74, 6) is 0. The van der Waals surface area contributed by atoms with Crippen LogP contribution in [0.3, 0.4) is 0 Å². The number of hydrogen-bond acceptors (Lipinski definition) is 5. The number of rotatable bonds is 2. The molecule has 122 valence electrons. The first kappa shape index (κ1) is 17.6. The summed E-state index contributed by atoms with van der Waals surface area (Å²) in [4.78, 5) is -0.178. The summed E-state index contributed by atoms with van der Waals surface area (Å²) < 4.78 is 34.4. The lowest BCUT2D eigenvalue weighted by atomic mass is 10.2. The number of aromatic nitrogens is 1. The first-order valence-electron chi connectivity index (χ1n) is 6.83. The van der Waals surface area contributed by atoms with Crippen LogP contribution in [-0.2, 0) is 23.8 Å². The molecular weight excluding hydrogens is 334 g/mol. The molecular formula is C16H17NO4S2. The molecule has 0 saturated carbocycles. The van der Waals surface area contributed by atoms with E-state index in [1.807, 2.05) is 30.7 Å². The highest BCUT2D eigenvalue weighted by atomic mass is 32.2. The van der Waals surface area contributed by atoms with Crippen LogP contribution in [0.25, 0.3) is 10.2 Å². The van der Waals surface area contributed by atoms with E-state index in [4.69, 9.17) is 5.11 Å². The molecule has 2 aromatic carbocycles. The third kappa shape index (κ3) is 4.35. The van der Waals surface area contributed by atoms with Crippen molar-refractivity contribution in [2.45, 2.75) is 18.4 Å². The van der Waals surface area contributed by atoms with E-state index in [1.54, 1.807) is 23.5 Å². The topological polar surface area (TPSA) is 81.3 Å². The molecule has 1 N–H and O–H groups in total. The normalized spacial score (nSPS) is 11.1. The van der Waals surface area contributed by atoms with Gasteiger partial charge in [-0.05, 0) is 25.1 Å². The van der Waals surface area contributed by atoms with Gasteiger partial charge < -0.3 is 9.66 Å². The summed E-state index contributed by atoms with van der Waals surface area (Å²) in [6.45, 7) is 1.94. The molecule has 3 rings (SSSR count). The molecule has 0 fully saturated rings. The van der Waals surface area contributed by atoms with E-state index in [-0.39, 0.29) is 11.5 Å². The summed E-state index contributed by atoms with van der Waals surface area (Å²) in [7, 11) is -2.29. The van der Waals surface area contributed by atoms with Crippen molar-refractivity contribution in [1.29, 1.82) is 0 Å². The van der Waals surface area contributed by atoms with Crippen LogP contribution in [0.1, 0.15) is 10.6 Å². The molecule has 3 aromatic rings. The van der Waals surface area contributed by atoms with E-state index in [1.165, 1.54) is 22.3 Å². The minimum absolute atomic E-state index is 0.121. The van der Waals surface area contributed by atoms with Crippen LogP contribution >= 0.6 is 11.3 Å². The second kappa shape index (κ2) is 7.18.